The molecule has 0 saturated heterocycles. The minimum Gasteiger partial charge on any atom is -0.395 e. The number of rotatable bonds is 4. The highest BCUT2D eigenvalue weighted by Crippen LogP contribution is 2.25. The first kappa shape index (κ1) is 10.0. The summed E-state index contributed by atoms with van der Waals surface area (Å²) in [7, 11) is 0. The van der Waals surface area contributed by atoms with Crippen molar-refractivity contribution in [2.24, 2.45) is 5.92 Å². The van der Waals surface area contributed by atoms with E-state index in [0.29, 0.717) is 12.1 Å². The van der Waals surface area contributed by atoms with Gasteiger partial charge in [0.25, 0.3) is 0 Å². The van der Waals surface area contributed by atoms with Gasteiger partial charge >= 0.3 is 0 Å². The zero-order chi connectivity index (χ0) is 8.97. The molecule has 1 aliphatic rings. The monoisotopic (exact) mass is 171 g/mol. The third kappa shape index (κ3) is 2.46. The second-order valence-corrected chi connectivity index (χ2v) is 3.97. The number of nitrogens with one attached hydrogen (secondary N) is 1. The van der Waals surface area contributed by atoms with Crippen LogP contribution in [0.25, 0.3) is 0 Å². The Morgan fingerprint density at radius 1 is 1.50 bits per heavy atom. The summed E-state index contributed by atoms with van der Waals surface area (Å²) in [5, 5.41) is 12.5. The topological polar surface area (TPSA) is 32.3 Å². The van der Waals surface area contributed by atoms with Gasteiger partial charge in [-0.25, -0.2) is 0 Å². The van der Waals surface area contributed by atoms with Gasteiger partial charge in [0.05, 0.1) is 6.61 Å². The molecular formula is C10H21NO. The number of hydrogen-bond donors (Lipinski definition) is 2. The molecule has 0 radical (unpaired) electrons. The Kier molecular flexibility index (Phi) is 4.02. The fourth-order valence-electron chi connectivity index (χ4n) is 2.00. The summed E-state index contributed by atoms with van der Waals surface area (Å²) in [4.78, 5) is 0. The zero-order valence-electron chi connectivity index (χ0n) is 8.21. The van der Waals surface area contributed by atoms with E-state index in [2.05, 4.69) is 19.2 Å². The van der Waals surface area contributed by atoms with E-state index < -0.39 is 0 Å². The summed E-state index contributed by atoms with van der Waals surface area (Å²) >= 11 is 0. The van der Waals surface area contributed by atoms with E-state index in [1.165, 1.54) is 19.3 Å². The molecule has 0 spiro atoms. The Balaban J connectivity index is 2.28. The standard InChI is InChI=1S/C10H21NO/c1-3-9(7-12)11-10-6-4-5-8(10)2/h8-12H,3-7H2,1-2H3/t8-,9-,10-/m1/s1. The van der Waals surface area contributed by atoms with Crippen LogP contribution in [0.4, 0.5) is 0 Å². The van der Waals surface area contributed by atoms with Crippen LogP contribution in [0.1, 0.15) is 39.5 Å². The lowest BCUT2D eigenvalue weighted by Gasteiger charge is -2.23. The van der Waals surface area contributed by atoms with Crippen molar-refractivity contribution in [1.82, 2.24) is 5.32 Å². The summed E-state index contributed by atoms with van der Waals surface area (Å²) in [5.41, 5.74) is 0. The van der Waals surface area contributed by atoms with Crippen molar-refractivity contribution in [3.05, 3.63) is 0 Å². The largest absolute Gasteiger partial charge is 0.395 e. The third-order valence-corrected chi connectivity index (χ3v) is 3.02. The molecule has 0 aromatic heterocycles. The van der Waals surface area contributed by atoms with Gasteiger partial charge in [-0.05, 0) is 25.2 Å². The first-order valence-corrected chi connectivity index (χ1v) is 5.14. The van der Waals surface area contributed by atoms with E-state index >= 15 is 0 Å². The first-order chi connectivity index (χ1) is 5.77. The van der Waals surface area contributed by atoms with Crippen molar-refractivity contribution in [2.45, 2.75) is 51.6 Å². The van der Waals surface area contributed by atoms with Crippen LogP contribution in [0.5, 0.6) is 0 Å². The summed E-state index contributed by atoms with van der Waals surface area (Å²) in [5.74, 6) is 0.797. The minimum atomic E-state index is 0.278. The van der Waals surface area contributed by atoms with Crippen LogP contribution in [0.15, 0.2) is 0 Å². The lowest BCUT2D eigenvalue weighted by Crippen LogP contribution is -2.41. The Labute approximate surface area is 75.4 Å². The predicted molar refractivity (Wildman–Crippen MR) is 51.1 cm³/mol. The highest BCUT2D eigenvalue weighted by atomic mass is 16.3. The molecule has 0 heterocycles. The smallest absolute Gasteiger partial charge is 0.0584 e. The molecule has 1 saturated carbocycles. The summed E-state index contributed by atoms with van der Waals surface area (Å²) in [6.45, 7) is 4.70. The van der Waals surface area contributed by atoms with Gasteiger partial charge in [0.2, 0.25) is 0 Å². The fraction of sp³-hybridized carbons (Fsp3) is 1.00. The van der Waals surface area contributed by atoms with E-state index in [1.807, 2.05) is 0 Å². The highest BCUT2D eigenvalue weighted by molar-refractivity contribution is 4.82. The second kappa shape index (κ2) is 4.83. The maximum atomic E-state index is 9.01. The van der Waals surface area contributed by atoms with E-state index in [9.17, 15) is 0 Å². The maximum absolute atomic E-state index is 9.01. The normalized spacial score (nSPS) is 32.2. The molecule has 0 aliphatic heterocycles. The predicted octanol–water partition coefficient (Wildman–Crippen LogP) is 1.54. The summed E-state index contributed by atoms with van der Waals surface area (Å²) < 4.78 is 0. The number of aliphatic hydroxyl groups is 1. The zero-order valence-corrected chi connectivity index (χ0v) is 8.21. The molecule has 0 unspecified atom stereocenters. The van der Waals surface area contributed by atoms with Crippen molar-refractivity contribution in [3.63, 3.8) is 0 Å². The van der Waals surface area contributed by atoms with Gasteiger partial charge in [-0.15, -0.1) is 0 Å². The van der Waals surface area contributed by atoms with Crippen LogP contribution in [-0.4, -0.2) is 23.8 Å². The van der Waals surface area contributed by atoms with Gasteiger partial charge in [-0.2, -0.15) is 0 Å². The van der Waals surface area contributed by atoms with Crippen molar-refractivity contribution < 1.29 is 5.11 Å². The van der Waals surface area contributed by atoms with E-state index in [1.54, 1.807) is 0 Å². The van der Waals surface area contributed by atoms with E-state index in [0.717, 1.165) is 12.3 Å². The Morgan fingerprint density at radius 3 is 2.67 bits per heavy atom. The van der Waals surface area contributed by atoms with Crippen molar-refractivity contribution in [2.75, 3.05) is 6.61 Å². The lowest BCUT2D eigenvalue weighted by molar-refractivity contribution is 0.219. The van der Waals surface area contributed by atoms with Crippen LogP contribution >= 0.6 is 0 Å². The average molecular weight is 171 g/mol. The van der Waals surface area contributed by atoms with Crippen LogP contribution in [0.3, 0.4) is 0 Å². The molecule has 1 rings (SSSR count). The molecular weight excluding hydrogens is 150 g/mol. The van der Waals surface area contributed by atoms with Crippen LogP contribution in [0.2, 0.25) is 0 Å². The lowest BCUT2D eigenvalue weighted by atomic mass is 10.0. The molecule has 72 valence electrons. The molecule has 0 aromatic rings. The molecule has 1 aliphatic carbocycles. The quantitative estimate of drug-likeness (QED) is 0.672. The Bertz CT molecular complexity index is 123. The van der Waals surface area contributed by atoms with Crippen LogP contribution in [-0.2, 0) is 0 Å². The highest BCUT2D eigenvalue weighted by Gasteiger charge is 2.24. The molecule has 2 nitrogen and oxygen atoms in total. The van der Waals surface area contributed by atoms with E-state index in [4.69, 9.17) is 5.11 Å². The van der Waals surface area contributed by atoms with Gasteiger partial charge in [0, 0.05) is 12.1 Å². The van der Waals surface area contributed by atoms with Gasteiger partial charge in [0.15, 0.2) is 0 Å². The maximum Gasteiger partial charge on any atom is 0.0584 e. The van der Waals surface area contributed by atoms with Crippen molar-refractivity contribution in [1.29, 1.82) is 0 Å². The van der Waals surface area contributed by atoms with Gasteiger partial charge in [-0.3, -0.25) is 0 Å². The van der Waals surface area contributed by atoms with Gasteiger partial charge in [-0.1, -0.05) is 20.3 Å². The molecule has 1 fully saturated rings. The summed E-state index contributed by atoms with van der Waals surface area (Å²) in [6.07, 6.45) is 5.01. The molecule has 2 heteroatoms. The van der Waals surface area contributed by atoms with Gasteiger partial charge in [0.1, 0.15) is 0 Å². The molecule has 0 amide bonds. The number of hydrogen-bond acceptors (Lipinski definition) is 2. The second-order valence-electron chi connectivity index (χ2n) is 3.97. The Morgan fingerprint density at radius 2 is 2.25 bits per heavy atom. The molecule has 2 N–H and O–H groups in total. The molecule has 3 atom stereocenters. The van der Waals surface area contributed by atoms with Crippen molar-refractivity contribution >= 4 is 0 Å². The fourth-order valence-corrected chi connectivity index (χ4v) is 2.00. The van der Waals surface area contributed by atoms with Crippen LogP contribution < -0.4 is 5.32 Å². The Hall–Kier alpha value is -0.0800. The van der Waals surface area contributed by atoms with Crippen molar-refractivity contribution in [3.8, 4) is 0 Å². The average Bonchev–Trinajstić information content (AvgIpc) is 2.47. The molecule has 12 heavy (non-hydrogen) atoms. The SMILES string of the molecule is CC[C@H](CO)N[C@@H]1CCC[C@H]1C. The third-order valence-electron chi connectivity index (χ3n) is 3.02. The molecule has 0 aromatic carbocycles. The number of aliphatic hydroxyl groups excluding tert-OH is 1. The summed E-state index contributed by atoms with van der Waals surface area (Å²) in [6, 6.07) is 0.970. The van der Waals surface area contributed by atoms with Crippen LogP contribution in [0, 0.1) is 5.92 Å². The van der Waals surface area contributed by atoms with Gasteiger partial charge < -0.3 is 10.4 Å². The molecule has 0 bridgehead atoms. The first-order valence-electron chi connectivity index (χ1n) is 5.14. The minimum absolute atomic E-state index is 0.278. The van der Waals surface area contributed by atoms with E-state index in [-0.39, 0.29) is 6.61 Å².